The van der Waals surface area contributed by atoms with E-state index in [-0.39, 0.29) is 12.1 Å². The summed E-state index contributed by atoms with van der Waals surface area (Å²) in [5.41, 5.74) is -0.0138. The Hall–Kier alpha value is -0.770. The minimum absolute atomic E-state index is 0.0702. The molecule has 1 fully saturated rings. The van der Waals surface area contributed by atoms with Crippen molar-refractivity contribution in [2.45, 2.75) is 79.0 Å². The Kier molecular flexibility index (Phi) is 5.47. The van der Waals surface area contributed by atoms with E-state index in [0.29, 0.717) is 17.4 Å². The van der Waals surface area contributed by atoms with Gasteiger partial charge in [0.1, 0.15) is 5.60 Å². The maximum atomic E-state index is 11.7. The lowest BCUT2D eigenvalue weighted by Gasteiger charge is -2.24. The molecule has 1 rings (SSSR count). The third kappa shape index (κ3) is 6.12. The van der Waals surface area contributed by atoms with Crippen LogP contribution in [0.2, 0.25) is 0 Å². The number of hydrogen-bond donors (Lipinski definition) is 2. The number of ether oxygens (including phenoxy) is 1. The fourth-order valence-electron chi connectivity index (χ4n) is 3.06. The van der Waals surface area contributed by atoms with Gasteiger partial charge in [0.05, 0.1) is 0 Å². The van der Waals surface area contributed by atoms with Crippen LogP contribution in [0, 0.1) is 11.3 Å². The van der Waals surface area contributed by atoms with Crippen molar-refractivity contribution in [2.24, 2.45) is 11.3 Å². The quantitative estimate of drug-likeness (QED) is 0.832. The summed E-state index contributed by atoms with van der Waals surface area (Å²) in [5.74, 6) is 0.693. The highest BCUT2D eigenvalue weighted by Crippen LogP contribution is 2.40. The molecule has 4 heteroatoms. The van der Waals surface area contributed by atoms with Crippen molar-refractivity contribution in [3.8, 4) is 0 Å². The van der Waals surface area contributed by atoms with Crippen LogP contribution in [-0.2, 0) is 4.74 Å². The molecule has 0 aromatic rings. The van der Waals surface area contributed by atoms with E-state index in [0.717, 1.165) is 6.54 Å². The van der Waals surface area contributed by atoms with Crippen LogP contribution < -0.4 is 10.6 Å². The average molecular weight is 284 g/mol. The first-order valence-corrected chi connectivity index (χ1v) is 7.71. The third-order valence-electron chi connectivity index (χ3n) is 3.78. The Labute approximate surface area is 124 Å². The highest BCUT2D eigenvalue weighted by molar-refractivity contribution is 5.68. The smallest absolute Gasteiger partial charge is 0.407 e. The van der Waals surface area contributed by atoms with Gasteiger partial charge in [-0.3, -0.25) is 0 Å². The van der Waals surface area contributed by atoms with Crippen molar-refractivity contribution >= 4 is 6.09 Å². The van der Waals surface area contributed by atoms with Gasteiger partial charge in [-0.25, -0.2) is 4.79 Å². The normalized spacial score (nSPS) is 27.1. The summed E-state index contributed by atoms with van der Waals surface area (Å²) in [4.78, 5) is 11.7. The lowest BCUT2D eigenvalue weighted by molar-refractivity contribution is 0.0507. The van der Waals surface area contributed by atoms with Crippen molar-refractivity contribution in [2.75, 3.05) is 6.54 Å². The molecular formula is C16H32N2O2. The summed E-state index contributed by atoms with van der Waals surface area (Å²) in [6.45, 7) is 15.4. The van der Waals surface area contributed by atoms with Crippen molar-refractivity contribution in [1.29, 1.82) is 0 Å². The van der Waals surface area contributed by atoms with E-state index in [4.69, 9.17) is 4.74 Å². The number of carbonyl (C=O) groups is 1. The molecule has 0 spiro atoms. The van der Waals surface area contributed by atoms with Gasteiger partial charge in [0.25, 0.3) is 0 Å². The number of amides is 1. The largest absolute Gasteiger partial charge is 0.444 e. The Morgan fingerprint density at radius 1 is 1.35 bits per heavy atom. The number of hydrogen-bond acceptors (Lipinski definition) is 3. The molecule has 1 aliphatic rings. The summed E-state index contributed by atoms with van der Waals surface area (Å²) >= 11 is 0. The van der Waals surface area contributed by atoms with E-state index in [9.17, 15) is 4.79 Å². The maximum absolute atomic E-state index is 11.7. The van der Waals surface area contributed by atoms with Crippen LogP contribution in [0.15, 0.2) is 0 Å². The molecule has 1 aliphatic carbocycles. The molecule has 0 radical (unpaired) electrons. The Morgan fingerprint density at radius 3 is 2.40 bits per heavy atom. The predicted molar refractivity (Wildman–Crippen MR) is 82.8 cm³/mol. The minimum Gasteiger partial charge on any atom is -0.444 e. The zero-order valence-electron chi connectivity index (χ0n) is 14.2. The molecule has 0 aromatic carbocycles. The molecule has 20 heavy (non-hydrogen) atoms. The van der Waals surface area contributed by atoms with E-state index in [1.165, 1.54) is 12.8 Å². The summed E-state index contributed by atoms with van der Waals surface area (Å²) in [6, 6.07) is 0.619. The standard InChI is InChI=1S/C16H32N2O2/c1-11-8-16(6,7)9-13(11)17-10-12(2)18-14(19)20-15(3,4)5/h11-13,17H,8-10H2,1-7H3,(H,18,19). The van der Waals surface area contributed by atoms with E-state index >= 15 is 0 Å². The van der Waals surface area contributed by atoms with Crippen LogP contribution in [-0.4, -0.2) is 30.3 Å². The molecule has 2 N–H and O–H groups in total. The lowest BCUT2D eigenvalue weighted by Crippen LogP contribution is -2.45. The second-order valence-electron chi connectivity index (χ2n) is 8.11. The van der Waals surface area contributed by atoms with Gasteiger partial charge >= 0.3 is 6.09 Å². The van der Waals surface area contributed by atoms with Crippen molar-refractivity contribution in [3.63, 3.8) is 0 Å². The van der Waals surface area contributed by atoms with Gasteiger partial charge in [-0.05, 0) is 51.9 Å². The van der Waals surface area contributed by atoms with Gasteiger partial charge in [-0.15, -0.1) is 0 Å². The molecule has 1 amide bonds. The summed E-state index contributed by atoms with van der Waals surface area (Å²) < 4.78 is 5.26. The number of rotatable bonds is 4. The Morgan fingerprint density at radius 2 is 1.95 bits per heavy atom. The zero-order valence-corrected chi connectivity index (χ0v) is 14.2. The second-order valence-corrected chi connectivity index (χ2v) is 8.11. The topological polar surface area (TPSA) is 50.4 Å². The number of alkyl carbamates (subject to hydrolysis) is 1. The molecule has 4 nitrogen and oxygen atoms in total. The lowest BCUT2D eigenvalue weighted by atomic mass is 9.91. The van der Waals surface area contributed by atoms with E-state index in [1.54, 1.807) is 0 Å². The Bertz CT molecular complexity index is 334. The maximum Gasteiger partial charge on any atom is 0.407 e. The molecule has 0 bridgehead atoms. The second kappa shape index (κ2) is 6.33. The molecule has 0 heterocycles. The third-order valence-corrected chi connectivity index (χ3v) is 3.78. The molecule has 0 aliphatic heterocycles. The van der Waals surface area contributed by atoms with E-state index < -0.39 is 5.60 Å². The van der Waals surface area contributed by atoms with Gasteiger partial charge in [0, 0.05) is 18.6 Å². The van der Waals surface area contributed by atoms with Crippen LogP contribution in [0.25, 0.3) is 0 Å². The van der Waals surface area contributed by atoms with Gasteiger partial charge in [-0.1, -0.05) is 20.8 Å². The van der Waals surface area contributed by atoms with Gasteiger partial charge in [0.2, 0.25) is 0 Å². The van der Waals surface area contributed by atoms with Crippen molar-refractivity contribution in [1.82, 2.24) is 10.6 Å². The molecule has 118 valence electrons. The molecular weight excluding hydrogens is 252 g/mol. The molecule has 1 saturated carbocycles. The monoisotopic (exact) mass is 284 g/mol. The van der Waals surface area contributed by atoms with Crippen LogP contribution in [0.3, 0.4) is 0 Å². The summed E-state index contributed by atoms with van der Waals surface area (Å²) in [6.07, 6.45) is 2.12. The molecule has 0 saturated heterocycles. The fourth-order valence-corrected chi connectivity index (χ4v) is 3.06. The van der Waals surface area contributed by atoms with E-state index in [2.05, 4.69) is 31.4 Å². The van der Waals surface area contributed by atoms with Gasteiger partial charge in [-0.2, -0.15) is 0 Å². The van der Waals surface area contributed by atoms with Crippen LogP contribution in [0.4, 0.5) is 4.79 Å². The first-order chi connectivity index (χ1) is 8.98. The molecule has 3 unspecified atom stereocenters. The molecule has 0 aromatic heterocycles. The highest BCUT2D eigenvalue weighted by Gasteiger charge is 2.36. The van der Waals surface area contributed by atoms with E-state index in [1.807, 2.05) is 27.7 Å². The number of carbonyl (C=O) groups excluding carboxylic acids is 1. The van der Waals surface area contributed by atoms with Crippen molar-refractivity contribution < 1.29 is 9.53 Å². The Balaban J connectivity index is 2.30. The van der Waals surface area contributed by atoms with Crippen molar-refractivity contribution in [3.05, 3.63) is 0 Å². The highest BCUT2D eigenvalue weighted by atomic mass is 16.6. The predicted octanol–water partition coefficient (Wildman–Crippen LogP) is 3.31. The fraction of sp³-hybridized carbons (Fsp3) is 0.938. The minimum atomic E-state index is -0.443. The van der Waals surface area contributed by atoms with Crippen LogP contribution in [0.1, 0.15) is 61.3 Å². The molecule has 3 atom stereocenters. The summed E-state index contributed by atoms with van der Waals surface area (Å²) in [7, 11) is 0. The average Bonchev–Trinajstić information content (AvgIpc) is 2.45. The van der Waals surface area contributed by atoms with Crippen LogP contribution in [0.5, 0.6) is 0 Å². The zero-order chi connectivity index (χ0) is 15.6. The number of nitrogens with one attached hydrogen (secondary N) is 2. The van der Waals surface area contributed by atoms with Gasteiger partial charge in [0.15, 0.2) is 0 Å². The first-order valence-electron chi connectivity index (χ1n) is 7.71. The van der Waals surface area contributed by atoms with Gasteiger partial charge < -0.3 is 15.4 Å². The van der Waals surface area contributed by atoms with Crippen LogP contribution >= 0.6 is 0 Å². The first kappa shape index (κ1) is 17.3. The summed E-state index contributed by atoms with van der Waals surface area (Å²) in [5, 5.41) is 6.46. The SMILES string of the molecule is CC(CNC1CC(C)(C)CC1C)NC(=O)OC(C)(C)C.